The molecule has 0 aromatic heterocycles. The zero-order valence-electron chi connectivity index (χ0n) is 23.2. The predicted octanol–water partition coefficient (Wildman–Crippen LogP) is 6.93. The molecule has 5 rings (SSSR count). The molecule has 3 aliphatic rings. The Morgan fingerprint density at radius 3 is 2.62 bits per heavy atom. The fourth-order valence-corrected chi connectivity index (χ4v) is 6.12. The van der Waals surface area contributed by atoms with Crippen LogP contribution in [0, 0.1) is 5.92 Å². The van der Waals surface area contributed by atoms with Gasteiger partial charge in [0.2, 0.25) is 0 Å². The lowest BCUT2D eigenvalue weighted by Gasteiger charge is -2.33. The Kier molecular flexibility index (Phi) is 7.76. The van der Waals surface area contributed by atoms with Crippen LogP contribution in [0.15, 0.2) is 64.4 Å². The molecule has 0 spiro atoms. The van der Waals surface area contributed by atoms with Crippen molar-refractivity contribution in [2.45, 2.75) is 52.1 Å². The highest BCUT2D eigenvalue weighted by Gasteiger charge is 2.39. The largest absolute Gasteiger partial charge is 0.497 e. The Morgan fingerprint density at radius 2 is 1.92 bits per heavy atom. The summed E-state index contributed by atoms with van der Waals surface area (Å²) in [6.45, 7) is 6.49. The average molecular weight is 539 g/mol. The molecule has 0 saturated carbocycles. The standard InChI is InChI=1S/C31H37F3N4O/c1-5-20-14-22(16-24(15-20)39-4)30-26-9-7-8-25(26)28(6-2)38(36-30)29-17-23(10-11-27(29)31(32,33)34)37-13-12-21(19-37)18-35-3/h6,10-11,14-17,21,35H,5,7-9,12-13,18-19H2,1-4H3/b28-6-. The van der Waals surface area contributed by atoms with Gasteiger partial charge in [-0.25, -0.2) is 5.01 Å². The highest BCUT2D eigenvalue weighted by molar-refractivity contribution is 6.15. The fourth-order valence-electron chi connectivity index (χ4n) is 6.12. The minimum absolute atomic E-state index is 0.0692. The molecule has 2 aliphatic heterocycles. The maximum Gasteiger partial charge on any atom is 0.418 e. The molecule has 2 aromatic carbocycles. The second kappa shape index (κ2) is 11.1. The minimum atomic E-state index is -4.52. The van der Waals surface area contributed by atoms with Gasteiger partial charge in [-0.15, -0.1) is 0 Å². The Labute approximate surface area is 229 Å². The first-order chi connectivity index (χ1) is 18.8. The number of aryl methyl sites for hydroxylation is 1. The smallest absolute Gasteiger partial charge is 0.418 e. The van der Waals surface area contributed by atoms with Gasteiger partial charge in [0.15, 0.2) is 0 Å². The number of nitrogens with one attached hydrogen (secondary N) is 1. The molecule has 2 heterocycles. The van der Waals surface area contributed by atoms with Crippen LogP contribution in [0.3, 0.4) is 0 Å². The molecule has 1 N–H and O–H groups in total. The van der Waals surface area contributed by atoms with Crippen LogP contribution in [-0.2, 0) is 12.6 Å². The van der Waals surface area contributed by atoms with E-state index < -0.39 is 11.7 Å². The van der Waals surface area contributed by atoms with Crippen LogP contribution in [0.5, 0.6) is 5.75 Å². The number of halogens is 3. The lowest BCUT2D eigenvalue weighted by Crippen LogP contribution is -2.29. The third-order valence-corrected chi connectivity index (χ3v) is 8.06. The molecule has 0 bridgehead atoms. The molecule has 0 amide bonds. The number of hydrazone groups is 1. The number of hydrogen-bond acceptors (Lipinski definition) is 5. The molecular formula is C31H37F3N4O. The van der Waals surface area contributed by atoms with Crippen molar-refractivity contribution in [1.82, 2.24) is 5.32 Å². The first-order valence-electron chi connectivity index (χ1n) is 13.8. The van der Waals surface area contributed by atoms with E-state index in [-0.39, 0.29) is 5.69 Å². The van der Waals surface area contributed by atoms with Crippen molar-refractivity contribution >= 4 is 17.1 Å². The molecule has 39 heavy (non-hydrogen) atoms. The summed E-state index contributed by atoms with van der Waals surface area (Å²) in [5, 5.41) is 9.76. The van der Waals surface area contributed by atoms with Gasteiger partial charge in [0.05, 0.1) is 29.8 Å². The Hall–Kier alpha value is -3.26. The second-order valence-electron chi connectivity index (χ2n) is 10.5. The molecule has 208 valence electrons. The van der Waals surface area contributed by atoms with E-state index >= 15 is 0 Å². The van der Waals surface area contributed by atoms with Crippen LogP contribution >= 0.6 is 0 Å². The summed E-state index contributed by atoms with van der Waals surface area (Å²) >= 11 is 0. The lowest BCUT2D eigenvalue weighted by atomic mass is 9.94. The van der Waals surface area contributed by atoms with E-state index in [1.807, 2.05) is 32.2 Å². The number of benzene rings is 2. The number of alkyl halides is 3. The predicted molar refractivity (Wildman–Crippen MR) is 152 cm³/mol. The molecular weight excluding hydrogens is 501 g/mol. The van der Waals surface area contributed by atoms with Crippen molar-refractivity contribution in [3.05, 3.63) is 76.0 Å². The van der Waals surface area contributed by atoms with Gasteiger partial charge in [-0.1, -0.05) is 13.0 Å². The third-order valence-electron chi connectivity index (χ3n) is 8.06. The van der Waals surface area contributed by atoms with E-state index in [9.17, 15) is 13.2 Å². The van der Waals surface area contributed by atoms with Crippen molar-refractivity contribution in [2.24, 2.45) is 11.0 Å². The summed E-state index contributed by atoms with van der Waals surface area (Å²) in [5.41, 5.74) is 5.83. The van der Waals surface area contributed by atoms with Gasteiger partial charge in [0.1, 0.15) is 5.75 Å². The first kappa shape index (κ1) is 27.3. The van der Waals surface area contributed by atoms with Gasteiger partial charge < -0.3 is 15.0 Å². The van der Waals surface area contributed by atoms with E-state index in [1.165, 1.54) is 11.1 Å². The number of anilines is 2. The Balaban J connectivity index is 1.66. The molecule has 5 nitrogen and oxygen atoms in total. The van der Waals surface area contributed by atoms with Crippen LogP contribution in [0.2, 0.25) is 0 Å². The summed E-state index contributed by atoms with van der Waals surface area (Å²) in [5.74, 6) is 1.19. The van der Waals surface area contributed by atoms with Crippen molar-refractivity contribution in [3.63, 3.8) is 0 Å². The molecule has 2 aromatic rings. The van der Waals surface area contributed by atoms with Crippen LogP contribution < -0.4 is 20.0 Å². The van der Waals surface area contributed by atoms with Crippen LogP contribution in [0.1, 0.15) is 56.2 Å². The molecule has 1 atom stereocenters. The van der Waals surface area contributed by atoms with Crippen LogP contribution in [0.4, 0.5) is 24.5 Å². The fraction of sp³-hybridized carbons (Fsp3) is 0.452. The number of hydrogen-bond donors (Lipinski definition) is 1. The highest BCUT2D eigenvalue weighted by atomic mass is 19.4. The maximum atomic E-state index is 14.4. The number of nitrogens with zero attached hydrogens (tertiary/aromatic N) is 3. The summed E-state index contributed by atoms with van der Waals surface area (Å²) in [4.78, 5) is 2.19. The normalized spacial score (nSPS) is 20.6. The summed E-state index contributed by atoms with van der Waals surface area (Å²) < 4.78 is 48.9. The minimum Gasteiger partial charge on any atom is -0.497 e. The lowest BCUT2D eigenvalue weighted by molar-refractivity contribution is -0.137. The number of methoxy groups -OCH3 is 1. The zero-order valence-corrected chi connectivity index (χ0v) is 23.2. The van der Waals surface area contributed by atoms with Crippen molar-refractivity contribution in [3.8, 4) is 5.75 Å². The maximum absolute atomic E-state index is 14.4. The highest BCUT2D eigenvalue weighted by Crippen LogP contribution is 2.46. The van der Waals surface area contributed by atoms with Crippen molar-refractivity contribution in [2.75, 3.05) is 43.7 Å². The number of rotatable bonds is 7. The van der Waals surface area contributed by atoms with E-state index in [2.05, 4.69) is 23.2 Å². The van der Waals surface area contributed by atoms with E-state index in [0.29, 0.717) is 5.92 Å². The van der Waals surface area contributed by atoms with Gasteiger partial charge in [-0.05, 0) is 112 Å². The van der Waals surface area contributed by atoms with Gasteiger partial charge in [-0.2, -0.15) is 18.3 Å². The van der Waals surface area contributed by atoms with E-state index in [4.69, 9.17) is 9.84 Å². The Bertz CT molecular complexity index is 1310. The molecule has 1 unspecified atom stereocenters. The third kappa shape index (κ3) is 5.31. The molecule has 1 aliphatic carbocycles. The first-order valence-corrected chi connectivity index (χ1v) is 13.8. The van der Waals surface area contributed by atoms with Crippen molar-refractivity contribution < 1.29 is 17.9 Å². The Morgan fingerprint density at radius 1 is 1.13 bits per heavy atom. The monoisotopic (exact) mass is 538 g/mol. The van der Waals surface area contributed by atoms with E-state index in [0.717, 1.165) is 96.9 Å². The average Bonchev–Trinajstić information content (AvgIpc) is 3.61. The van der Waals surface area contributed by atoms with Gasteiger partial charge in [0, 0.05) is 24.3 Å². The topological polar surface area (TPSA) is 40.1 Å². The molecule has 8 heteroatoms. The van der Waals surface area contributed by atoms with E-state index in [1.54, 1.807) is 19.2 Å². The SMILES string of the molecule is C/C=C1/C2=C(CCC2)C(c2cc(CC)cc(OC)c2)=NN1c1cc(N2CCC(CNC)C2)ccc1C(F)(F)F. The van der Waals surface area contributed by atoms with Crippen LogP contribution in [-0.4, -0.2) is 39.5 Å². The quantitative estimate of drug-likeness (QED) is 0.415. The van der Waals surface area contributed by atoms with Gasteiger partial charge >= 0.3 is 6.18 Å². The zero-order chi connectivity index (χ0) is 27.7. The molecule has 1 saturated heterocycles. The molecule has 0 radical (unpaired) electrons. The summed E-state index contributed by atoms with van der Waals surface area (Å²) in [6.07, 6.45) is 1.82. The van der Waals surface area contributed by atoms with Crippen molar-refractivity contribution in [1.29, 1.82) is 0 Å². The number of allylic oxidation sites excluding steroid dienone is 3. The molecule has 1 fully saturated rings. The van der Waals surface area contributed by atoms with Crippen LogP contribution in [0.25, 0.3) is 0 Å². The van der Waals surface area contributed by atoms with Gasteiger partial charge in [0.25, 0.3) is 0 Å². The second-order valence-corrected chi connectivity index (χ2v) is 10.5. The number of ether oxygens (including phenoxy) is 1. The summed E-state index contributed by atoms with van der Waals surface area (Å²) in [7, 11) is 3.56. The van der Waals surface area contributed by atoms with Gasteiger partial charge in [-0.3, -0.25) is 0 Å². The summed E-state index contributed by atoms with van der Waals surface area (Å²) in [6, 6.07) is 10.5.